The molecule has 0 radical (unpaired) electrons. The molecule has 1 nitrogen and oxygen atoms in total. The second-order valence-corrected chi connectivity index (χ2v) is 6.16. The number of ether oxygens (including phenoxy) is 1. The van der Waals surface area contributed by atoms with Crippen molar-refractivity contribution >= 4 is 55.5 Å². The molecule has 0 aliphatic carbocycles. The maximum absolute atomic E-state index is 6.22. The molecule has 22 heavy (non-hydrogen) atoms. The fraction of sp³-hybridized carbons (Fsp3) is 0.0526. The average Bonchev–Trinajstić information content (AvgIpc) is 2.54. The average molecular weight is 327 g/mol. The van der Waals surface area contributed by atoms with E-state index in [1.165, 1.54) is 5.39 Å². The van der Waals surface area contributed by atoms with Crippen LogP contribution in [0.4, 0.5) is 0 Å². The zero-order chi connectivity index (χ0) is 15.3. The van der Waals surface area contributed by atoms with Crippen LogP contribution in [0.15, 0.2) is 54.6 Å². The Bertz CT molecular complexity index is 1040. The first-order chi connectivity index (χ1) is 10.7. The van der Waals surface area contributed by atoms with Gasteiger partial charge in [0.1, 0.15) is 5.75 Å². The number of halogens is 2. The van der Waals surface area contributed by atoms with Gasteiger partial charge in [0.15, 0.2) is 0 Å². The van der Waals surface area contributed by atoms with Gasteiger partial charge in [-0.1, -0.05) is 41.4 Å². The first kappa shape index (κ1) is 13.7. The van der Waals surface area contributed by atoms with Crippen molar-refractivity contribution in [2.24, 2.45) is 0 Å². The molecule has 0 atom stereocenters. The molecule has 0 saturated heterocycles. The molecule has 0 heterocycles. The Morgan fingerprint density at radius 2 is 1.05 bits per heavy atom. The SMILES string of the molecule is COc1ccc2c3cc(Cl)ccc3c3ccc(Cl)cc3c2c1. The van der Waals surface area contributed by atoms with Crippen LogP contribution in [0.3, 0.4) is 0 Å². The predicted molar refractivity (Wildman–Crippen MR) is 95.5 cm³/mol. The Morgan fingerprint density at radius 1 is 0.591 bits per heavy atom. The number of rotatable bonds is 1. The van der Waals surface area contributed by atoms with E-state index in [2.05, 4.69) is 18.2 Å². The second-order valence-electron chi connectivity index (χ2n) is 5.29. The number of hydrogen-bond donors (Lipinski definition) is 0. The van der Waals surface area contributed by atoms with Gasteiger partial charge in [-0.05, 0) is 68.7 Å². The van der Waals surface area contributed by atoms with Crippen LogP contribution >= 0.6 is 23.2 Å². The summed E-state index contributed by atoms with van der Waals surface area (Å²) in [6.45, 7) is 0. The summed E-state index contributed by atoms with van der Waals surface area (Å²) in [5.74, 6) is 0.829. The van der Waals surface area contributed by atoms with Gasteiger partial charge < -0.3 is 4.74 Å². The summed E-state index contributed by atoms with van der Waals surface area (Å²) in [4.78, 5) is 0. The van der Waals surface area contributed by atoms with Crippen LogP contribution in [0.5, 0.6) is 5.75 Å². The maximum atomic E-state index is 6.22. The molecule has 108 valence electrons. The second kappa shape index (κ2) is 5.05. The molecule has 0 aliphatic rings. The van der Waals surface area contributed by atoms with Gasteiger partial charge in [-0.25, -0.2) is 0 Å². The lowest BCUT2D eigenvalue weighted by Gasteiger charge is -2.12. The Morgan fingerprint density at radius 3 is 1.64 bits per heavy atom. The molecule has 0 aromatic heterocycles. The summed E-state index contributed by atoms with van der Waals surface area (Å²) in [6, 6.07) is 18.1. The molecule has 0 fully saturated rings. The molecular formula is C19H12Cl2O. The molecule has 4 rings (SSSR count). The van der Waals surface area contributed by atoms with Gasteiger partial charge >= 0.3 is 0 Å². The van der Waals surface area contributed by atoms with Crippen molar-refractivity contribution in [2.75, 3.05) is 7.11 Å². The van der Waals surface area contributed by atoms with E-state index in [0.717, 1.165) is 42.7 Å². The van der Waals surface area contributed by atoms with E-state index in [9.17, 15) is 0 Å². The fourth-order valence-corrected chi connectivity index (χ4v) is 3.40. The standard InChI is InChI=1S/C19H12Cl2O/c1-22-13-4-7-16-17-8-11(20)2-5-14(17)15-6-3-12(21)9-18(15)19(16)10-13/h2-10H,1H3. The third-order valence-electron chi connectivity index (χ3n) is 4.06. The van der Waals surface area contributed by atoms with Crippen molar-refractivity contribution in [3.8, 4) is 5.75 Å². The smallest absolute Gasteiger partial charge is 0.119 e. The van der Waals surface area contributed by atoms with Gasteiger partial charge in [0.25, 0.3) is 0 Å². The first-order valence-electron chi connectivity index (χ1n) is 6.95. The predicted octanol–water partition coefficient (Wildman–Crippen LogP) is 6.46. The van der Waals surface area contributed by atoms with Crippen LogP contribution in [0, 0.1) is 0 Å². The topological polar surface area (TPSA) is 9.23 Å². The van der Waals surface area contributed by atoms with E-state index < -0.39 is 0 Å². The van der Waals surface area contributed by atoms with Crippen molar-refractivity contribution in [3.63, 3.8) is 0 Å². The van der Waals surface area contributed by atoms with Crippen molar-refractivity contribution in [3.05, 3.63) is 64.6 Å². The van der Waals surface area contributed by atoms with Gasteiger partial charge in [-0.3, -0.25) is 0 Å². The first-order valence-corrected chi connectivity index (χ1v) is 7.71. The minimum atomic E-state index is 0.727. The van der Waals surface area contributed by atoms with Gasteiger partial charge in [-0.2, -0.15) is 0 Å². The maximum Gasteiger partial charge on any atom is 0.119 e. The molecule has 3 heteroatoms. The highest BCUT2D eigenvalue weighted by atomic mass is 35.5. The van der Waals surface area contributed by atoms with Crippen molar-refractivity contribution in [1.29, 1.82) is 0 Å². The minimum Gasteiger partial charge on any atom is -0.497 e. The molecule has 0 saturated carbocycles. The van der Waals surface area contributed by atoms with Crippen molar-refractivity contribution in [1.82, 2.24) is 0 Å². The molecule has 0 unspecified atom stereocenters. The highest BCUT2D eigenvalue weighted by Crippen LogP contribution is 2.38. The Kier molecular flexibility index (Phi) is 3.14. The summed E-state index contributed by atoms with van der Waals surface area (Å²) in [5, 5.41) is 8.32. The lowest BCUT2D eigenvalue weighted by atomic mass is 9.94. The molecule has 4 aromatic rings. The largest absolute Gasteiger partial charge is 0.497 e. The number of fused-ring (bicyclic) bond motifs is 6. The van der Waals surface area contributed by atoms with Crippen molar-refractivity contribution in [2.45, 2.75) is 0 Å². The van der Waals surface area contributed by atoms with E-state index >= 15 is 0 Å². The van der Waals surface area contributed by atoms with E-state index in [4.69, 9.17) is 27.9 Å². The monoisotopic (exact) mass is 326 g/mol. The zero-order valence-electron chi connectivity index (χ0n) is 11.9. The number of hydrogen-bond acceptors (Lipinski definition) is 1. The molecule has 0 bridgehead atoms. The summed E-state index contributed by atoms with van der Waals surface area (Å²) in [7, 11) is 1.67. The lowest BCUT2D eigenvalue weighted by Crippen LogP contribution is -1.86. The summed E-state index contributed by atoms with van der Waals surface area (Å²) >= 11 is 12.4. The Hall–Kier alpha value is -1.96. The van der Waals surface area contributed by atoms with Gasteiger partial charge in [-0.15, -0.1) is 0 Å². The van der Waals surface area contributed by atoms with E-state index in [1.54, 1.807) is 7.11 Å². The Balaban J connectivity index is 2.33. The number of benzene rings is 4. The quantitative estimate of drug-likeness (QED) is 0.364. The molecule has 0 spiro atoms. The van der Waals surface area contributed by atoms with Crippen molar-refractivity contribution < 1.29 is 4.74 Å². The van der Waals surface area contributed by atoms with Crippen LogP contribution in [0.2, 0.25) is 10.0 Å². The number of methoxy groups -OCH3 is 1. The van der Waals surface area contributed by atoms with E-state index in [1.807, 2.05) is 36.4 Å². The highest BCUT2D eigenvalue weighted by Gasteiger charge is 2.10. The summed E-state index contributed by atoms with van der Waals surface area (Å²) in [6.07, 6.45) is 0. The van der Waals surface area contributed by atoms with Gasteiger partial charge in [0.05, 0.1) is 7.11 Å². The Labute approximate surface area is 138 Å². The van der Waals surface area contributed by atoms with Crippen LogP contribution < -0.4 is 4.74 Å². The fourth-order valence-electron chi connectivity index (χ4n) is 3.06. The summed E-state index contributed by atoms with van der Waals surface area (Å²) < 4.78 is 5.38. The molecular weight excluding hydrogens is 315 g/mol. The minimum absolute atomic E-state index is 0.727. The van der Waals surface area contributed by atoms with Crippen LogP contribution in [-0.4, -0.2) is 7.11 Å². The molecule has 0 amide bonds. The van der Waals surface area contributed by atoms with E-state index in [-0.39, 0.29) is 0 Å². The van der Waals surface area contributed by atoms with Crippen LogP contribution in [-0.2, 0) is 0 Å². The highest BCUT2D eigenvalue weighted by molar-refractivity contribution is 6.35. The molecule has 0 aliphatic heterocycles. The third kappa shape index (κ3) is 2.01. The van der Waals surface area contributed by atoms with Gasteiger partial charge in [0.2, 0.25) is 0 Å². The molecule has 4 aromatic carbocycles. The normalized spacial score (nSPS) is 11.4. The van der Waals surface area contributed by atoms with Gasteiger partial charge in [0, 0.05) is 10.0 Å². The molecule has 0 N–H and O–H groups in total. The van der Waals surface area contributed by atoms with E-state index in [0.29, 0.717) is 0 Å². The zero-order valence-corrected chi connectivity index (χ0v) is 13.4. The summed E-state index contributed by atoms with van der Waals surface area (Å²) in [5.41, 5.74) is 0. The van der Waals surface area contributed by atoms with Crippen LogP contribution in [0.1, 0.15) is 0 Å². The van der Waals surface area contributed by atoms with Crippen LogP contribution in [0.25, 0.3) is 32.3 Å². The lowest BCUT2D eigenvalue weighted by molar-refractivity contribution is 0.415. The third-order valence-corrected chi connectivity index (χ3v) is 4.53.